The van der Waals surface area contributed by atoms with E-state index < -0.39 is 23.7 Å². The topological polar surface area (TPSA) is 65.2 Å². The van der Waals surface area contributed by atoms with Crippen LogP contribution in [0.15, 0.2) is 53.2 Å². The summed E-state index contributed by atoms with van der Waals surface area (Å²) in [5, 5.41) is 3.69. The van der Waals surface area contributed by atoms with Gasteiger partial charge < -0.3 is 9.26 Å². The maximum Gasteiger partial charge on any atom is 0.433 e. The molecule has 0 N–H and O–H groups in total. The molecule has 0 saturated carbocycles. The summed E-state index contributed by atoms with van der Waals surface area (Å²) in [4.78, 5) is 15.0. The number of carbonyl (C=O) groups excluding carboxylic acids is 1. The van der Waals surface area contributed by atoms with Crippen molar-refractivity contribution in [2.75, 3.05) is 0 Å². The predicted molar refractivity (Wildman–Crippen MR) is 80.3 cm³/mol. The third-order valence-corrected chi connectivity index (χ3v) is 3.34. The second-order valence-electron chi connectivity index (χ2n) is 5.16. The highest BCUT2D eigenvalue weighted by Gasteiger charge is 2.32. The van der Waals surface area contributed by atoms with Gasteiger partial charge >= 0.3 is 12.1 Å². The first-order valence-electron chi connectivity index (χ1n) is 7.25. The number of ether oxygens (including phenoxy) is 1. The number of nitrogens with zero attached hydrogens (tertiary/aromatic N) is 2. The summed E-state index contributed by atoms with van der Waals surface area (Å²) in [6.45, 7) is -0.318. The summed E-state index contributed by atoms with van der Waals surface area (Å²) < 4.78 is 60.9. The maximum absolute atomic E-state index is 13.7. The molecule has 9 heteroatoms. The number of rotatable bonds is 4. The monoisotopic (exact) mass is 366 g/mol. The first kappa shape index (κ1) is 17.6. The molecular formula is C17H10F4N2O3. The molecule has 26 heavy (non-hydrogen) atoms. The van der Waals surface area contributed by atoms with E-state index in [0.717, 1.165) is 12.3 Å². The van der Waals surface area contributed by atoms with Crippen molar-refractivity contribution in [3.05, 3.63) is 71.5 Å². The molecule has 0 aliphatic carbocycles. The van der Waals surface area contributed by atoms with Gasteiger partial charge in [0.15, 0.2) is 12.4 Å². The lowest BCUT2D eigenvalue weighted by Crippen LogP contribution is -2.10. The van der Waals surface area contributed by atoms with Crippen LogP contribution < -0.4 is 0 Å². The van der Waals surface area contributed by atoms with Gasteiger partial charge in [-0.3, -0.25) is 4.98 Å². The molecule has 0 spiro atoms. The molecule has 2 aromatic heterocycles. The molecule has 3 rings (SSSR count). The highest BCUT2D eigenvalue weighted by atomic mass is 19.4. The number of aromatic nitrogens is 2. The third-order valence-electron chi connectivity index (χ3n) is 3.34. The van der Waals surface area contributed by atoms with Gasteiger partial charge in [-0.15, -0.1) is 0 Å². The molecule has 0 bridgehead atoms. The molecule has 1 aromatic carbocycles. The van der Waals surface area contributed by atoms with Gasteiger partial charge in [-0.05, 0) is 24.3 Å². The van der Waals surface area contributed by atoms with Gasteiger partial charge in [0.05, 0.1) is 5.56 Å². The molecule has 0 aliphatic rings. The minimum atomic E-state index is -4.59. The van der Waals surface area contributed by atoms with Gasteiger partial charge in [0.25, 0.3) is 0 Å². The lowest BCUT2D eigenvalue weighted by atomic mass is 10.1. The molecular weight excluding hydrogens is 356 g/mol. The van der Waals surface area contributed by atoms with Crippen LogP contribution in [0.5, 0.6) is 0 Å². The zero-order valence-corrected chi connectivity index (χ0v) is 13.0. The average Bonchev–Trinajstić information content (AvgIpc) is 3.08. The summed E-state index contributed by atoms with van der Waals surface area (Å²) in [5.74, 6) is -1.22. The van der Waals surface area contributed by atoms with E-state index >= 15 is 0 Å². The van der Waals surface area contributed by atoms with E-state index in [-0.39, 0.29) is 29.2 Å². The first-order chi connectivity index (χ1) is 12.3. The zero-order chi connectivity index (χ0) is 18.7. The minimum absolute atomic E-state index is 0.146. The van der Waals surface area contributed by atoms with Gasteiger partial charge in [-0.2, -0.15) is 13.2 Å². The summed E-state index contributed by atoms with van der Waals surface area (Å²) in [6, 6.07) is 8.98. The van der Waals surface area contributed by atoms with Crippen molar-refractivity contribution in [3.8, 4) is 11.3 Å². The second-order valence-corrected chi connectivity index (χ2v) is 5.16. The fraction of sp³-hybridized carbons (Fsp3) is 0.118. The molecule has 2 heterocycles. The summed E-state index contributed by atoms with van der Waals surface area (Å²) in [7, 11) is 0. The number of hydrogen-bond acceptors (Lipinski definition) is 5. The number of pyridine rings is 1. The van der Waals surface area contributed by atoms with E-state index in [2.05, 4.69) is 10.1 Å². The van der Waals surface area contributed by atoms with E-state index in [9.17, 15) is 22.4 Å². The van der Waals surface area contributed by atoms with Crippen molar-refractivity contribution >= 4 is 5.97 Å². The Morgan fingerprint density at radius 3 is 2.58 bits per heavy atom. The normalized spacial score (nSPS) is 11.4. The maximum atomic E-state index is 13.7. The van der Waals surface area contributed by atoms with Crippen LogP contribution in [0.2, 0.25) is 0 Å². The Labute approximate surface area is 144 Å². The summed E-state index contributed by atoms with van der Waals surface area (Å²) >= 11 is 0. The largest absolute Gasteiger partial charge is 0.454 e. The molecule has 3 aromatic rings. The average molecular weight is 366 g/mol. The predicted octanol–water partition coefficient (Wildman–Crippen LogP) is 4.25. The molecule has 0 aliphatic heterocycles. The quantitative estimate of drug-likeness (QED) is 0.510. The number of halogens is 4. The van der Waals surface area contributed by atoms with Crippen molar-refractivity contribution < 1.29 is 31.6 Å². The third kappa shape index (κ3) is 3.88. The number of hydrogen-bond donors (Lipinski definition) is 0. The lowest BCUT2D eigenvalue weighted by Gasteiger charge is -2.06. The van der Waals surface area contributed by atoms with E-state index in [0.29, 0.717) is 6.07 Å². The Kier molecular flexibility index (Phi) is 4.70. The van der Waals surface area contributed by atoms with Gasteiger partial charge in [0.1, 0.15) is 17.2 Å². The molecule has 0 atom stereocenters. The van der Waals surface area contributed by atoms with E-state index in [1.54, 1.807) is 6.07 Å². The Morgan fingerprint density at radius 1 is 1.15 bits per heavy atom. The van der Waals surface area contributed by atoms with Crippen LogP contribution in [0.1, 0.15) is 21.8 Å². The molecule has 0 fully saturated rings. The van der Waals surface area contributed by atoms with Crippen molar-refractivity contribution in [1.82, 2.24) is 10.1 Å². The molecule has 0 saturated heterocycles. The van der Waals surface area contributed by atoms with Crippen molar-refractivity contribution in [3.63, 3.8) is 0 Å². The van der Waals surface area contributed by atoms with Crippen LogP contribution in [0.25, 0.3) is 11.3 Å². The number of benzene rings is 1. The molecule has 134 valence electrons. The van der Waals surface area contributed by atoms with Crippen LogP contribution in [-0.4, -0.2) is 16.1 Å². The second kappa shape index (κ2) is 6.95. The van der Waals surface area contributed by atoms with Crippen LogP contribution in [0, 0.1) is 5.82 Å². The minimum Gasteiger partial charge on any atom is -0.454 e. The SMILES string of the molecule is O=C(OCc1cc(-c2ccccc2F)no1)c1ccc(C(F)(F)F)nc1. The Hall–Kier alpha value is -3.23. The zero-order valence-electron chi connectivity index (χ0n) is 13.0. The van der Waals surface area contributed by atoms with Gasteiger partial charge in [0, 0.05) is 17.8 Å². The number of esters is 1. The Bertz CT molecular complexity index is 920. The van der Waals surface area contributed by atoms with Crippen molar-refractivity contribution in [2.24, 2.45) is 0 Å². The van der Waals surface area contributed by atoms with Gasteiger partial charge in [0.2, 0.25) is 0 Å². The number of alkyl halides is 3. The molecule has 5 nitrogen and oxygen atoms in total. The molecule has 0 amide bonds. The molecule has 0 radical (unpaired) electrons. The standard InChI is InChI=1S/C17H10F4N2O3/c18-13-4-2-1-3-12(13)14-7-11(26-23-14)9-25-16(24)10-5-6-15(22-8-10)17(19,20)21/h1-8H,9H2. The van der Waals surface area contributed by atoms with Crippen LogP contribution in [-0.2, 0) is 17.5 Å². The smallest absolute Gasteiger partial charge is 0.433 e. The van der Waals surface area contributed by atoms with E-state index in [1.165, 1.54) is 24.3 Å². The van der Waals surface area contributed by atoms with Gasteiger partial charge in [-0.1, -0.05) is 17.3 Å². The van der Waals surface area contributed by atoms with Crippen LogP contribution in [0.3, 0.4) is 0 Å². The summed E-state index contributed by atoms with van der Waals surface area (Å²) in [5.41, 5.74) is -0.809. The Morgan fingerprint density at radius 2 is 1.92 bits per heavy atom. The Balaban J connectivity index is 1.64. The van der Waals surface area contributed by atoms with Gasteiger partial charge in [-0.25, -0.2) is 9.18 Å². The van der Waals surface area contributed by atoms with Crippen molar-refractivity contribution in [1.29, 1.82) is 0 Å². The first-order valence-corrected chi connectivity index (χ1v) is 7.25. The number of carbonyl (C=O) groups is 1. The fourth-order valence-corrected chi connectivity index (χ4v) is 2.08. The van der Waals surface area contributed by atoms with Crippen LogP contribution >= 0.6 is 0 Å². The van der Waals surface area contributed by atoms with Crippen LogP contribution in [0.4, 0.5) is 17.6 Å². The highest BCUT2D eigenvalue weighted by molar-refractivity contribution is 5.88. The fourth-order valence-electron chi connectivity index (χ4n) is 2.08. The van der Waals surface area contributed by atoms with E-state index in [1.807, 2.05) is 0 Å². The lowest BCUT2D eigenvalue weighted by molar-refractivity contribution is -0.141. The highest BCUT2D eigenvalue weighted by Crippen LogP contribution is 2.27. The van der Waals surface area contributed by atoms with E-state index in [4.69, 9.17) is 9.26 Å². The molecule has 0 unspecified atom stereocenters. The summed E-state index contributed by atoms with van der Waals surface area (Å²) in [6.07, 6.45) is -3.82. The van der Waals surface area contributed by atoms with Crippen molar-refractivity contribution in [2.45, 2.75) is 12.8 Å².